The molecule has 2 aromatic rings. The van der Waals surface area contributed by atoms with Crippen molar-refractivity contribution in [1.82, 2.24) is 10.2 Å². The van der Waals surface area contributed by atoms with Gasteiger partial charge in [0.25, 0.3) is 0 Å². The van der Waals surface area contributed by atoms with Crippen LogP contribution >= 0.6 is 35.6 Å². The van der Waals surface area contributed by atoms with Gasteiger partial charge < -0.3 is 10.2 Å². The van der Waals surface area contributed by atoms with Crippen LogP contribution in [0.25, 0.3) is 0 Å². The van der Waals surface area contributed by atoms with Crippen molar-refractivity contribution >= 4 is 52.3 Å². The summed E-state index contributed by atoms with van der Waals surface area (Å²) in [6.07, 6.45) is 0. The Hall–Kier alpha value is -1.12. The molecular weight excluding hydrogens is 481 g/mol. The minimum Gasteiger partial charge on any atom is -0.355 e. The van der Waals surface area contributed by atoms with Gasteiger partial charge in [0.1, 0.15) is 0 Å². The monoisotopic (exact) mass is 505 g/mol. The van der Waals surface area contributed by atoms with Crippen molar-refractivity contribution in [3.63, 3.8) is 0 Å². The zero-order valence-electron chi connectivity index (χ0n) is 15.0. The Balaban J connectivity index is 0.00000338. The van der Waals surface area contributed by atoms with E-state index in [1.807, 2.05) is 66.5 Å². The molecule has 0 saturated carbocycles. The van der Waals surface area contributed by atoms with Crippen LogP contribution in [0.2, 0.25) is 5.02 Å². The maximum Gasteiger partial charge on any atom is 0.193 e. The molecule has 142 valence electrons. The zero-order chi connectivity index (χ0) is 18.1. The lowest BCUT2D eigenvalue weighted by Gasteiger charge is -2.22. The highest BCUT2D eigenvalue weighted by Gasteiger charge is 2.08. The number of nitrogens with zero attached hydrogens (tertiary/aromatic N) is 2. The molecule has 0 aliphatic carbocycles. The van der Waals surface area contributed by atoms with Crippen molar-refractivity contribution in [3.05, 3.63) is 70.7 Å². The lowest BCUT2D eigenvalue weighted by atomic mass is 10.2. The Bertz CT molecular complexity index is 710. The van der Waals surface area contributed by atoms with Crippen LogP contribution < -0.4 is 5.32 Å². The summed E-state index contributed by atoms with van der Waals surface area (Å²) in [6, 6.07) is 17.7. The van der Waals surface area contributed by atoms with E-state index in [9.17, 15) is 4.21 Å². The average molecular weight is 506 g/mol. The van der Waals surface area contributed by atoms with Gasteiger partial charge in [-0.1, -0.05) is 54.1 Å². The molecule has 0 heterocycles. The Kier molecular flexibility index (Phi) is 10.8. The second-order valence-corrected chi connectivity index (χ2v) is 7.74. The number of benzene rings is 2. The van der Waals surface area contributed by atoms with Crippen molar-refractivity contribution in [2.24, 2.45) is 4.99 Å². The van der Waals surface area contributed by atoms with Gasteiger partial charge in [-0.25, -0.2) is 0 Å². The Morgan fingerprint density at radius 3 is 2.38 bits per heavy atom. The third-order valence-electron chi connectivity index (χ3n) is 3.69. The summed E-state index contributed by atoms with van der Waals surface area (Å²) in [5.41, 5.74) is 2.26. The Labute approximate surface area is 180 Å². The number of hydrogen-bond acceptors (Lipinski definition) is 2. The highest BCUT2D eigenvalue weighted by Crippen LogP contribution is 2.11. The van der Waals surface area contributed by atoms with Gasteiger partial charge >= 0.3 is 0 Å². The lowest BCUT2D eigenvalue weighted by molar-refractivity contribution is 0.479. The molecule has 0 aliphatic rings. The topological polar surface area (TPSA) is 44.7 Å². The van der Waals surface area contributed by atoms with Crippen LogP contribution in [0.4, 0.5) is 0 Å². The van der Waals surface area contributed by atoms with Crippen molar-refractivity contribution in [2.75, 3.05) is 26.4 Å². The van der Waals surface area contributed by atoms with E-state index in [4.69, 9.17) is 11.6 Å². The maximum atomic E-state index is 12.2. The second kappa shape index (κ2) is 12.3. The van der Waals surface area contributed by atoms with E-state index in [2.05, 4.69) is 10.3 Å². The van der Waals surface area contributed by atoms with Crippen molar-refractivity contribution in [1.29, 1.82) is 0 Å². The molecule has 7 heteroatoms. The van der Waals surface area contributed by atoms with Crippen LogP contribution in [-0.4, -0.2) is 41.5 Å². The molecule has 0 amide bonds. The molecule has 0 bridgehead atoms. The van der Waals surface area contributed by atoms with E-state index < -0.39 is 10.8 Å². The van der Waals surface area contributed by atoms with Gasteiger partial charge in [0.15, 0.2) is 5.96 Å². The third kappa shape index (κ3) is 8.05. The molecule has 2 rings (SSSR count). The van der Waals surface area contributed by atoms with Crippen molar-refractivity contribution in [2.45, 2.75) is 12.3 Å². The first-order chi connectivity index (χ1) is 12.1. The van der Waals surface area contributed by atoms with Gasteiger partial charge in [-0.05, 0) is 23.3 Å². The molecule has 0 spiro atoms. The first-order valence-corrected chi connectivity index (χ1v) is 10.00. The molecule has 1 N–H and O–H groups in total. The standard InChI is InChI=1S/C19H24ClN3OS.HI/c1-21-19(23(2)14-16-8-10-18(20)11-9-16)22-12-13-25(24)15-17-6-4-3-5-7-17;/h3-11H,12-15H2,1-2H3,(H,21,22);1H. The number of hydrogen-bond donors (Lipinski definition) is 1. The molecule has 4 nitrogen and oxygen atoms in total. The molecule has 0 saturated heterocycles. The minimum absolute atomic E-state index is 0. The van der Waals surface area contributed by atoms with E-state index in [0.717, 1.165) is 28.7 Å². The van der Waals surface area contributed by atoms with Crippen molar-refractivity contribution in [3.8, 4) is 0 Å². The third-order valence-corrected chi connectivity index (χ3v) is 5.26. The zero-order valence-corrected chi connectivity index (χ0v) is 18.9. The molecule has 1 atom stereocenters. The van der Waals surface area contributed by atoms with Crippen LogP contribution in [-0.2, 0) is 23.1 Å². The van der Waals surface area contributed by atoms with Gasteiger partial charge in [0.05, 0.1) is 0 Å². The number of halogens is 2. The predicted molar refractivity (Wildman–Crippen MR) is 123 cm³/mol. The molecule has 1 unspecified atom stereocenters. The molecule has 2 aromatic carbocycles. The smallest absolute Gasteiger partial charge is 0.193 e. The highest BCUT2D eigenvalue weighted by atomic mass is 127. The number of rotatable bonds is 7. The average Bonchev–Trinajstić information content (AvgIpc) is 2.61. The van der Waals surface area contributed by atoms with E-state index in [1.54, 1.807) is 7.05 Å². The second-order valence-electron chi connectivity index (χ2n) is 5.73. The van der Waals surface area contributed by atoms with Gasteiger partial charge in [0, 0.05) is 54.5 Å². The SMILES string of the molecule is CN=C(NCCS(=O)Cc1ccccc1)N(C)Cc1ccc(Cl)cc1.I. The molecule has 0 aromatic heterocycles. The summed E-state index contributed by atoms with van der Waals surface area (Å²) in [6.45, 7) is 1.35. The van der Waals surface area contributed by atoms with E-state index >= 15 is 0 Å². The van der Waals surface area contributed by atoms with Gasteiger partial charge in [-0.15, -0.1) is 24.0 Å². The summed E-state index contributed by atoms with van der Waals surface area (Å²) < 4.78 is 12.2. The first kappa shape index (κ1) is 22.9. The van der Waals surface area contributed by atoms with E-state index in [0.29, 0.717) is 18.1 Å². The van der Waals surface area contributed by atoms with Crippen molar-refractivity contribution < 1.29 is 4.21 Å². The predicted octanol–water partition coefficient (Wildman–Crippen LogP) is 3.91. The minimum atomic E-state index is -0.894. The highest BCUT2D eigenvalue weighted by molar-refractivity contribution is 14.0. The molecule has 26 heavy (non-hydrogen) atoms. The van der Waals surface area contributed by atoms with Crippen LogP contribution in [0, 0.1) is 0 Å². The van der Waals surface area contributed by atoms with Gasteiger partial charge in [-0.2, -0.15) is 0 Å². The summed E-state index contributed by atoms with van der Waals surface area (Å²) in [4.78, 5) is 6.32. The van der Waals surface area contributed by atoms with Crippen LogP contribution in [0.1, 0.15) is 11.1 Å². The largest absolute Gasteiger partial charge is 0.355 e. The number of guanidine groups is 1. The number of aliphatic imine (C=N–C) groups is 1. The first-order valence-electron chi connectivity index (χ1n) is 8.13. The Morgan fingerprint density at radius 2 is 1.77 bits per heavy atom. The van der Waals surface area contributed by atoms with Crippen LogP contribution in [0.3, 0.4) is 0 Å². The fraction of sp³-hybridized carbons (Fsp3) is 0.316. The quantitative estimate of drug-likeness (QED) is 0.352. The number of nitrogens with one attached hydrogen (secondary N) is 1. The summed E-state index contributed by atoms with van der Waals surface area (Å²) in [5, 5.41) is 4.01. The summed E-state index contributed by atoms with van der Waals surface area (Å²) in [5.74, 6) is 1.96. The molecule has 0 fully saturated rings. The fourth-order valence-corrected chi connectivity index (χ4v) is 3.60. The van der Waals surface area contributed by atoms with Crippen LogP contribution in [0.5, 0.6) is 0 Å². The molecular formula is C19H25ClIN3OS. The molecule has 0 radical (unpaired) electrons. The van der Waals surface area contributed by atoms with E-state index in [1.165, 1.54) is 0 Å². The maximum absolute atomic E-state index is 12.2. The molecule has 0 aliphatic heterocycles. The fourth-order valence-electron chi connectivity index (χ4n) is 2.43. The van der Waals surface area contributed by atoms with E-state index in [-0.39, 0.29) is 24.0 Å². The normalized spacial score (nSPS) is 12.2. The summed E-state index contributed by atoms with van der Waals surface area (Å²) in [7, 11) is 2.83. The Morgan fingerprint density at radius 1 is 1.12 bits per heavy atom. The van der Waals surface area contributed by atoms with Crippen LogP contribution in [0.15, 0.2) is 59.6 Å². The summed E-state index contributed by atoms with van der Waals surface area (Å²) >= 11 is 5.92. The lowest BCUT2D eigenvalue weighted by Crippen LogP contribution is -2.40. The van der Waals surface area contributed by atoms with Gasteiger partial charge in [-0.3, -0.25) is 9.20 Å². The van der Waals surface area contributed by atoms with Gasteiger partial charge in [0.2, 0.25) is 0 Å².